The summed E-state index contributed by atoms with van der Waals surface area (Å²) < 4.78 is 6.85. The average molecular weight is 233 g/mol. The highest BCUT2D eigenvalue weighted by molar-refractivity contribution is 5.36. The number of ether oxygens (including phenoxy) is 1. The highest BCUT2D eigenvalue weighted by Crippen LogP contribution is 2.10. The second kappa shape index (κ2) is 5.83. The zero-order chi connectivity index (χ0) is 11.9. The molecule has 0 amide bonds. The Bertz CT molecular complexity index is 443. The number of rotatable bonds is 6. The Balaban J connectivity index is 1.74. The van der Waals surface area contributed by atoms with Gasteiger partial charge in [-0.2, -0.15) is 4.98 Å². The lowest BCUT2D eigenvalue weighted by Gasteiger charge is -2.06. The molecule has 2 aromatic heterocycles. The first-order valence-corrected chi connectivity index (χ1v) is 5.47. The molecule has 0 saturated carbocycles. The van der Waals surface area contributed by atoms with Crippen LogP contribution in [-0.4, -0.2) is 33.6 Å². The van der Waals surface area contributed by atoms with Crippen LogP contribution >= 0.6 is 0 Å². The van der Waals surface area contributed by atoms with Gasteiger partial charge in [0.25, 0.3) is 0 Å². The Kier molecular flexibility index (Phi) is 3.90. The Morgan fingerprint density at radius 3 is 3.12 bits per heavy atom. The summed E-state index contributed by atoms with van der Waals surface area (Å²) in [4.78, 5) is 4.26. The minimum atomic E-state index is 0.617. The molecule has 17 heavy (non-hydrogen) atoms. The first-order valence-electron chi connectivity index (χ1n) is 5.47. The van der Waals surface area contributed by atoms with E-state index in [0.29, 0.717) is 5.88 Å². The largest absolute Gasteiger partial charge is 0.481 e. The normalized spacial score (nSPS) is 10.2. The molecule has 0 unspecified atom stereocenters. The molecule has 0 aromatic carbocycles. The third-order valence-electron chi connectivity index (χ3n) is 2.27. The lowest BCUT2D eigenvalue weighted by molar-refractivity contribution is 0.398. The summed E-state index contributed by atoms with van der Waals surface area (Å²) in [5.74, 6) is 1.44. The van der Waals surface area contributed by atoms with E-state index in [2.05, 4.69) is 20.6 Å². The smallest absolute Gasteiger partial charge is 0.214 e. The van der Waals surface area contributed by atoms with Crippen LogP contribution in [0.4, 0.5) is 5.82 Å². The van der Waals surface area contributed by atoms with E-state index in [-0.39, 0.29) is 0 Å². The van der Waals surface area contributed by atoms with Gasteiger partial charge in [0.05, 0.1) is 13.3 Å². The second-order valence-corrected chi connectivity index (χ2v) is 3.51. The molecule has 0 aliphatic rings. The summed E-state index contributed by atoms with van der Waals surface area (Å²) in [6.45, 7) is 1.68. The fourth-order valence-electron chi connectivity index (χ4n) is 1.44. The molecular weight excluding hydrogens is 218 g/mol. The first-order chi connectivity index (χ1) is 8.38. The summed E-state index contributed by atoms with van der Waals surface area (Å²) in [6, 6.07) is 5.64. The summed E-state index contributed by atoms with van der Waals surface area (Å²) in [7, 11) is 1.61. The lowest BCUT2D eigenvalue weighted by atomic mass is 10.4. The van der Waals surface area contributed by atoms with Crippen molar-refractivity contribution in [1.82, 2.24) is 20.0 Å². The molecule has 2 rings (SSSR count). The minimum Gasteiger partial charge on any atom is -0.481 e. The van der Waals surface area contributed by atoms with Gasteiger partial charge in [-0.3, -0.25) is 4.68 Å². The van der Waals surface area contributed by atoms with Crippen LogP contribution in [0.15, 0.2) is 30.6 Å². The van der Waals surface area contributed by atoms with Gasteiger partial charge in [-0.05, 0) is 12.5 Å². The predicted molar refractivity (Wildman–Crippen MR) is 63.9 cm³/mol. The minimum absolute atomic E-state index is 0.617. The second-order valence-electron chi connectivity index (χ2n) is 3.51. The van der Waals surface area contributed by atoms with Gasteiger partial charge in [0.15, 0.2) is 0 Å². The number of aryl methyl sites for hydroxylation is 1. The number of aromatic nitrogens is 4. The molecule has 6 heteroatoms. The van der Waals surface area contributed by atoms with Crippen molar-refractivity contribution >= 4 is 5.82 Å². The molecular formula is C11H15N5O. The van der Waals surface area contributed by atoms with Gasteiger partial charge in [0.1, 0.15) is 5.82 Å². The Morgan fingerprint density at radius 1 is 1.41 bits per heavy atom. The van der Waals surface area contributed by atoms with Gasteiger partial charge < -0.3 is 10.1 Å². The van der Waals surface area contributed by atoms with Crippen LogP contribution in [0.1, 0.15) is 6.42 Å². The SMILES string of the molecule is COc1cccc(NCCCn2ccnn2)n1. The van der Waals surface area contributed by atoms with Crippen LogP contribution in [0, 0.1) is 0 Å². The third kappa shape index (κ3) is 3.44. The number of hydrogen-bond donors (Lipinski definition) is 1. The molecule has 0 aliphatic heterocycles. The third-order valence-corrected chi connectivity index (χ3v) is 2.27. The highest BCUT2D eigenvalue weighted by Gasteiger charge is 1.96. The van der Waals surface area contributed by atoms with Gasteiger partial charge in [-0.15, -0.1) is 5.10 Å². The molecule has 0 aliphatic carbocycles. The Labute approximate surface area is 99.6 Å². The number of hydrogen-bond acceptors (Lipinski definition) is 5. The molecule has 0 bridgehead atoms. The van der Waals surface area contributed by atoms with Gasteiger partial charge in [0, 0.05) is 25.4 Å². The van der Waals surface area contributed by atoms with Gasteiger partial charge >= 0.3 is 0 Å². The van der Waals surface area contributed by atoms with E-state index >= 15 is 0 Å². The molecule has 0 spiro atoms. The Hall–Kier alpha value is -2.11. The van der Waals surface area contributed by atoms with E-state index < -0.39 is 0 Å². The van der Waals surface area contributed by atoms with Crippen LogP contribution in [-0.2, 0) is 6.54 Å². The van der Waals surface area contributed by atoms with Crippen LogP contribution < -0.4 is 10.1 Å². The molecule has 1 N–H and O–H groups in total. The zero-order valence-corrected chi connectivity index (χ0v) is 9.71. The zero-order valence-electron chi connectivity index (χ0n) is 9.71. The van der Waals surface area contributed by atoms with Crippen molar-refractivity contribution in [2.75, 3.05) is 19.0 Å². The quantitative estimate of drug-likeness (QED) is 0.759. The van der Waals surface area contributed by atoms with Gasteiger partial charge in [-0.25, -0.2) is 0 Å². The molecule has 6 nitrogen and oxygen atoms in total. The van der Waals surface area contributed by atoms with Crippen molar-refractivity contribution in [3.63, 3.8) is 0 Å². The van der Waals surface area contributed by atoms with Crippen molar-refractivity contribution in [2.24, 2.45) is 0 Å². The topological polar surface area (TPSA) is 64.9 Å². The van der Waals surface area contributed by atoms with Crippen molar-refractivity contribution < 1.29 is 4.74 Å². The maximum absolute atomic E-state index is 5.05. The lowest BCUT2D eigenvalue weighted by Crippen LogP contribution is -2.08. The molecule has 90 valence electrons. The number of nitrogens with one attached hydrogen (secondary N) is 1. The van der Waals surface area contributed by atoms with E-state index in [4.69, 9.17) is 4.74 Å². The summed E-state index contributed by atoms with van der Waals surface area (Å²) in [5.41, 5.74) is 0. The molecule has 2 heterocycles. The summed E-state index contributed by atoms with van der Waals surface area (Å²) >= 11 is 0. The number of pyridine rings is 1. The molecule has 0 saturated heterocycles. The van der Waals surface area contributed by atoms with Crippen molar-refractivity contribution in [3.05, 3.63) is 30.6 Å². The fourth-order valence-corrected chi connectivity index (χ4v) is 1.44. The standard InChI is InChI=1S/C11H15N5O/c1-17-11-5-2-4-10(14-11)12-6-3-8-16-9-7-13-15-16/h2,4-5,7,9H,3,6,8H2,1H3,(H,12,14). The average Bonchev–Trinajstić information content (AvgIpc) is 2.88. The maximum Gasteiger partial charge on any atom is 0.214 e. The van der Waals surface area contributed by atoms with Crippen LogP contribution in [0.5, 0.6) is 5.88 Å². The van der Waals surface area contributed by atoms with Crippen molar-refractivity contribution in [3.8, 4) is 5.88 Å². The highest BCUT2D eigenvalue weighted by atomic mass is 16.5. The van der Waals surface area contributed by atoms with Gasteiger partial charge in [0.2, 0.25) is 5.88 Å². The number of anilines is 1. The van der Waals surface area contributed by atoms with E-state index in [1.165, 1.54) is 0 Å². The first kappa shape index (κ1) is 11.4. The van der Waals surface area contributed by atoms with E-state index in [1.54, 1.807) is 18.0 Å². The van der Waals surface area contributed by atoms with Gasteiger partial charge in [-0.1, -0.05) is 11.3 Å². The van der Waals surface area contributed by atoms with E-state index in [0.717, 1.165) is 25.3 Å². The number of methoxy groups -OCH3 is 1. The predicted octanol–water partition coefficient (Wildman–Crippen LogP) is 1.18. The molecule has 2 aromatic rings. The van der Waals surface area contributed by atoms with Crippen molar-refractivity contribution in [1.29, 1.82) is 0 Å². The maximum atomic E-state index is 5.05. The Morgan fingerprint density at radius 2 is 2.35 bits per heavy atom. The van der Waals surface area contributed by atoms with Crippen LogP contribution in [0.3, 0.4) is 0 Å². The van der Waals surface area contributed by atoms with Crippen LogP contribution in [0.2, 0.25) is 0 Å². The molecule has 0 radical (unpaired) electrons. The van der Waals surface area contributed by atoms with Crippen molar-refractivity contribution in [2.45, 2.75) is 13.0 Å². The summed E-state index contributed by atoms with van der Waals surface area (Å²) in [6.07, 6.45) is 4.49. The van der Waals surface area contributed by atoms with E-state index in [1.807, 2.05) is 24.4 Å². The van der Waals surface area contributed by atoms with E-state index in [9.17, 15) is 0 Å². The fraction of sp³-hybridized carbons (Fsp3) is 0.364. The summed E-state index contributed by atoms with van der Waals surface area (Å²) in [5, 5.41) is 10.9. The molecule has 0 atom stereocenters. The van der Waals surface area contributed by atoms with Crippen LogP contribution in [0.25, 0.3) is 0 Å². The molecule has 0 fully saturated rings. The number of nitrogens with zero attached hydrogens (tertiary/aromatic N) is 4. The monoisotopic (exact) mass is 233 g/mol.